The molecule has 1 aliphatic rings. The van der Waals surface area contributed by atoms with Crippen LogP contribution in [0.3, 0.4) is 0 Å². The fourth-order valence-electron chi connectivity index (χ4n) is 1.98. The molecule has 0 spiro atoms. The van der Waals surface area contributed by atoms with Gasteiger partial charge in [-0.05, 0) is 25.1 Å². The first-order chi connectivity index (χ1) is 8.75. The van der Waals surface area contributed by atoms with Gasteiger partial charge >= 0.3 is 0 Å². The molecule has 1 aliphatic heterocycles. The third-order valence-electron chi connectivity index (χ3n) is 3.00. The second-order valence-corrected chi connectivity index (χ2v) is 4.36. The molecule has 2 rings (SSSR count). The van der Waals surface area contributed by atoms with Crippen LogP contribution in [0.5, 0.6) is 0 Å². The van der Waals surface area contributed by atoms with Crippen LogP contribution in [0.4, 0.5) is 14.5 Å². The van der Waals surface area contributed by atoms with E-state index in [0.717, 1.165) is 45.3 Å². The molecule has 0 aliphatic carbocycles. The molecular formula is C13H18F2N2O. The van der Waals surface area contributed by atoms with Gasteiger partial charge in [-0.25, -0.2) is 8.78 Å². The van der Waals surface area contributed by atoms with Crippen molar-refractivity contribution in [3.63, 3.8) is 0 Å². The van der Waals surface area contributed by atoms with Crippen LogP contribution in [0.25, 0.3) is 0 Å². The number of morpholine rings is 1. The lowest BCUT2D eigenvalue weighted by Gasteiger charge is -2.26. The van der Waals surface area contributed by atoms with E-state index in [-0.39, 0.29) is 0 Å². The zero-order valence-corrected chi connectivity index (χ0v) is 10.3. The van der Waals surface area contributed by atoms with Crippen LogP contribution in [-0.2, 0) is 4.74 Å². The third kappa shape index (κ3) is 3.92. The summed E-state index contributed by atoms with van der Waals surface area (Å²) in [5, 5.41) is 2.98. The highest BCUT2D eigenvalue weighted by Crippen LogP contribution is 2.14. The Balaban J connectivity index is 1.68. The summed E-state index contributed by atoms with van der Waals surface area (Å²) in [5.74, 6) is -1.09. The van der Waals surface area contributed by atoms with Gasteiger partial charge in [0.2, 0.25) is 0 Å². The number of rotatable bonds is 5. The number of hydrogen-bond acceptors (Lipinski definition) is 3. The Bertz CT molecular complexity index is 381. The van der Waals surface area contributed by atoms with E-state index in [1.807, 2.05) is 0 Å². The molecule has 1 aromatic carbocycles. The number of nitrogens with zero attached hydrogens (tertiary/aromatic N) is 1. The molecule has 1 aromatic rings. The van der Waals surface area contributed by atoms with Crippen LogP contribution >= 0.6 is 0 Å². The van der Waals surface area contributed by atoms with Gasteiger partial charge in [-0.15, -0.1) is 0 Å². The zero-order valence-electron chi connectivity index (χ0n) is 10.3. The van der Waals surface area contributed by atoms with Crippen molar-refractivity contribution in [2.24, 2.45) is 0 Å². The Morgan fingerprint density at radius 1 is 1.22 bits per heavy atom. The van der Waals surface area contributed by atoms with Crippen molar-refractivity contribution in [1.29, 1.82) is 0 Å². The first kappa shape index (κ1) is 13.2. The Kier molecular flexibility index (Phi) is 4.90. The van der Waals surface area contributed by atoms with E-state index in [1.165, 1.54) is 12.1 Å². The molecule has 1 saturated heterocycles. The summed E-state index contributed by atoms with van der Waals surface area (Å²) in [6.45, 7) is 5.16. The molecule has 1 N–H and O–H groups in total. The van der Waals surface area contributed by atoms with Gasteiger partial charge in [0.05, 0.1) is 18.9 Å². The van der Waals surface area contributed by atoms with Crippen molar-refractivity contribution in [3.8, 4) is 0 Å². The summed E-state index contributed by atoms with van der Waals surface area (Å²) < 4.78 is 31.3. The van der Waals surface area contributed by atoms with Crippen LogP contribution in [0.2, 0.25) is 0 Å². The van der Waals surface area contributed by atoms with Gasteiger partial charge < -0.3 is 10.1 Å². The van der Waals surface area contributed by atoms with Gasteiger partial charge in [0, 0.05) is 25.7 Å². The Hall–Kier alpha value is -1.20. The lowest BCUT2D eigenvalue weighted by molar-refractivity contribution is 0.0378. The number of hydrogen-bond donors (Lipinski definition) is 1. The van der Waals surface area contributed by atoms with Crippen LogP contribution in [0, 0.1) is 11.6 Å². The smallest absolute Gasteiger partial charge is 0.149 e. The molecule has 0 radical (unpaired) electrons. The summed E-state index contributed by atoms with van der Waals surface area (Å²) in [6.07, 6.45) is 0.927. The number of halogens is 2. The monoisotopic (exact) mass is 256 g/mol. The van der Waals surface area contributed by atoms with E-state index in [4.69, 9.17) is 4.74 Å². The minimum absolute atomic E-state index is 0.360. The summed E-state index contributed by atoms with van der Waals surface area (Å²) in [5.41, 5.74) is 0.360. The molecule has 1 heterocycles. The lowest BCUT2D eigenvalue weighted by atomic mass is 10.3. The van der Waals surface area contributed by atoms with Crippen molar-refractivity contribution in [2.45, 2.75) is 6.42 Å². The van der Waals surface area contributed by atoms with Crippen molar-refractivity contribution in [1.82, 2.24) is 4.90 Å². The lowest BCUT2D eigenvalue weighted by Crippen LogP contribution is -2.37. The zero-order chi connectivity index (χ0) is 12.8. The maximum absolute atomic E-state index is 13.3. The molecule has 0 bridgehead atoms. The van der Waals surface area contributed by atoms with E-state index >= 15 is 0 Å². The SMILES string of the molecule is Fc1ccc(NCCCN2CCOCC2)c(F)c1. The van der Waals surface area contributed by atoms with E-state index in [9.17, 15) is 8.78 Å². The predicted molar refractivity (Wildman–Crippen MR) is 66.7 cm³/mol. The molecule has 1 fully saturated rings. The second kappa shape index (κ2) is 6.66. The van der Waals surface area contributed by atoms with E-state index in [2.05, 4.69) is 10.2 Å². The first-order valence-corrected chi connectivity index (χ1v) is 6.25. The molecule has 0 unspecified atom stereocenters. The summed E-state index contributed by atoms with van der Waals surface area (Å²) in [4.78, 5) is 2.33. The molecule has 5 heteroatoms. The molecule has 0 atom stereocenters. The maximum Gasteiger partial charge on any atom is 0.149 e. The van der Waals surface area contributed by atoms with Crippen LogP contribution in [-0.4, -0.2) is 44.3 Å². The largest absolute Gasteiger partial charge is 0.383 e. The Morgan fingerprint density at radius 2 is 2.00 bits per heavy atom. The summed E-state index contributed by atoms with van der Waals surface area (Å²) in [7, 11) is 0. The van der Waals surface area contributed by atoms with Gasteiger partial charge in [-0.2, -0.15) is 0 Å². The van der Waals surface area contributed by atoms with Crippen LogP contribution in [0.1, 0.15) is 6.42 Å². The molecule has 3 nitrogen and oxygen atoms in total. The van der Waals surface area contributed by atoms with Gasteiger partial charge in [0.15, 0.2) is 0 Å². The van der Waals surface area contributed by atoms with Gasteiger partial charge in [0.25, 0.3) is 0 Å². The minimum atomic E-state index is -0.550. The van der Waals surface area contributed by atoms with Crippen molar-refractivity contribution in [3.05, 3.63) is 29.8 Å². The average Bonchev–Trinajstić information content (AvgIpc) is 2.38. The third-order valence-corrected chi connectivity index (χ3v) is 3.00. The molecular weight excluding hydrogens is 238 g/mol. The summed E-state index contributed by atoms with van der Waals surface area (Å²) in [6, 6.07) is 3.58. The van der Waals surface area contributed by atoms with Crippen molar-refractivity contribution >= 4 is 5.69 Å². The van der Waals surface area contributed by atoms with Crippen LogP contribution < -0.4 is 5.32 Å². The number of nitrogens with one attached hydrogen (secondary N) is 1. The van der Waals surface area contributed by atoms with E-state index < -0.39 is 11.6 Å². The quantitative estimate of drug-likeness (QED) is 0.816. The number of anilines is 1. The van der Waals surface area contributed by atoms with E-state index in [0.29, 0.717) is 12.2 Å². The predicted octanol–water partition coefficient (Wildman–Crippen LogP) is 2.10. The second-order valence-electron chi connectivity index (χ2n) is 4.36. The van der Waals surface area contributed by atoms with Gasteiger partial charge in [0.1, 0.15) is 11.6 Å². The topological polar surface area (TPSA) is 24.5 Å². The molecule has 0 saturated carbocycles. The standard InChI is InChI=1S/C13H18F2N2O/c14-11-2-3-13(12(15)10-11)16-4-1-5-17-6-8-18-9-7-17/h2-3,10,16H,1,4-9H2. The summed E-state index contributed by atoms with van der Waals surface area (Å²) >= 11 is 0. The molecule has 0 amide bonds. The normalized spacial score (nSPS) is 16.8. The van der Waals surface area contributed by atoms with Gasteiger partial charge in [-0.3, -0.25) is 4.90 Å². The molecule has 0 aromatic heterocycles. The highest BCUT2D eigenvalue weighted by atomic mass is 19.1. The van der Waals surface area contributed by atoms with Crippen molar-refractivity contribution < 1.29 is 13.5 Å². The maximum atomic E-state index is 13.3. The fourth-order valence-corrected chi connectivity index (χ4v) is 1.98. The van der Waals surface area contributed by atoms with E-state index in [1.54, 1.807) is 0 Å². The Morgan fingerprint density at radius 3 is 2.72 bits per heavy atom. The first-order valence-electron chi connectivity index (χ1n) is 6.25. The number of benzene rings is 1. The average molecular weight is 256 g/mol. The highest BCUT2D eigenvalue weighted by Gasteiger charge is 2.09. The fraction of sp³-hybridized carbons (Fsp3) is 0.538. The number of ether oxygens (including phenoxy) is 1. The molecule has 18 heavy (non-hydrogen) atoms. The van der Waals surface area contributed by atoms with Crippen LogP contribution in [0.15, 0.2) is 18.2 Å². The highest BCUT2D eigenvalue weighted by molar-refractivity contribution is 5.44. The van der Waals surface area contributed by atoms with Gasteiger partial charge in [-0.1, -0.05) is 0 Å². The Labute approximate surface area is 106 Å². The van der Waals surface area contributed by atoms with Crippen molar-refractivity contribution in [2.75, 3.05) is 44.7 Å². The minimum Gasteiger partial charge on any atom is -0.383 e. The molecule has 100 valence electrons.